The molecule has 4 heteroatoms. The molecule has 0 bridgehead atoms. The zero-order valence-electron chi connectivity index (χ0n) is 10.4. The summed E-state index contributed by atoms with van der Waals surface area (Å²) in [7, 11) is 1.65. The van der Waals surface area contributed by atoms with E-state index in [1.54, 1.807) is 7.11 Å². The molecule has 2 N–H and O–H groups in total. The number of fused-ring (bicyclic) bond motifs is 1. The highest BCUT2D eigenvalue weighted by molar-refractivity contribution is 6.37. The minimum absolute atomic E-state index is 0.539. The zero-order valence-corrected chi connectivity index (χ0v) is 11.2. The number of hydrogen-bond acceptors (Lipinski definition) is 2. The van der Waals surface area contributed by atoms with Gasteiger partial charge in [0.05, 0.1) is 12.1 Å². The first-order valence-electron chi connectivity index (χ1n) is 6.35. The van der Waals surface area contributed by atoms with Crippen LogP contribution in [0.15, 0.2) is 18.3 Å². The topological polar surface area (TPSA) is 37.0 Å². The maximum Gasteiger partial charge on any atom is 0.138 e. The van der Waals surface area contributed by atoms with Crippen LogP contribution < -0.4 is 10.1 Å². The van der Waals surface area contributed by atoms with Crippen LogP contribution in [-0.2, 0) is 0 Å². The van der Waals surface area contributed by atoms with Crippen LogP contribution in [0.5, 0.6) is 5.75 Å². The number of hydrogen-bond donors (Lipinski definition) is 2. The van der Waals surface area contributed by atoms with Crippen LogP contribution in [0.2, 0.25) is 5.02 Å². The monoisotopic (exact) mass is 264 g/mol. The third kappa shape index (κ3) is 1.88. The molecule has 3 nitrogen and oxygen atoms in total. The second-order valence-corrected chi connectivity index (χ2v) is 5.17. The second-order valence-electron chi connectivity index (χ2n) is 4.79. The number of H-pyrrole nitrogens is 1. The van der Waals surface area contributed by atoms with Gasteiger partial charge in [0.1, 0.15) is 5.75 Å². The second kappa shape index (κ2) is 4.82. The molecule has 1 unspecified atom stereocenters. The molecule has 96 valence electrons. The van der Waals surface area contributed by atoms with Crippen LogP contribution in [-0.4, -0.2) is 25.2 Å². The Morgan fingerprint density at radius 2 is 2.28 bits per heavy atom. The third-order valence-corrected chi connectivity index (χ3v) is 4.11. The van der Waals surface area contributed by atoms with Crippen LogP contribution in [0.25, 0.3) is 10.9 Å². The first kappa shape index (κ1) is 11.9. The Morgan fingerprint density at radius 3 is 3.00 bits per heavy atom. The maximum absolute atomic E-state index is 6.44. The summed E-state index contributed by atoms with van der Waals surface area (Å²) in [5.41, 5.74) is 2.39. The molecular formula is C14H17ClN2O. The summed E-state index contributed by atoms with van der Waals surface area (Å²) in [4.78, 5) is 3.31. The first-order valence-corrected chi connectivity index (χ1v) is 6.73. The molecule has 1 aromatic carbocycles. The van der Waals surface area contributed by atoms with Gasteiger partial charge in [-0.15, -0.1) is 0 Å². The van der Waals surface area contributed by atoms with E-state index in [1.807, 2.05) is 12.1 Å². The highest BCUT2D eigenvalue weighted by Crippen LogP contribution is 2.38. The molecule has 2 aromatic rings. The quantitative estimate of drug-likeness (QED) is 0.873. The van der Waals surface area contributed by atoms with Gasteiger partial charge in [-0.3, -0.25) is 0 Å². The van der Waals surface area contributed by atoms with E-state index >= 15 is 0 Å². The van der Waals surface area contributed by atoms with Gasteiger partial charge in [-0.25, -0.2) is 0 Å². The fourth-order valence-electron chi connectivity index (χ4n) is 2.78. The standard InChI is InChI=1S/C14H17ClN2O/c1-18-12-5-4-11-13(14(12)15)10(8-17-11)9-3-2-6-16-7-9/h4-5,8-9,16-17H,2-3,6-7H2,1H3. The Hall–Kier alpha value is -1.19. The van der Waals surface area contributed by atoms with Crippen molar-refractivity contribution >= 4 is 22.5 Å². The van der Waals surface area contributed by atoms with Gasteiger partial charge in [0, 0.05) is 23.6 Å². The van der Waals surface area contributed by atoms with Crippen LogP contribution >= 0.6 is 11.6 Å². The zero-order chi connectivity index (χ0) is 12.5. The van der Waals surface area contributed by atoms with Crippen molar-refractivity contribution in [2.75, 3.05) is 20.2 Å². The number of aromatic nitrogens is 1. The molecule has 3 rings (SSSR count). The molecule has 1 fully saturated rings. The van der Waals surface area contributed by atoms with Gasteiger partial charge >= 0.3 is 0 Å². The van der Waals surface area contributed by atoms with Crippen LogP contribution in [0.4, 0.5) is 0 Å². The fourth-order valence-corrected chi connectivity index (χ4v) is 3.14. The molecule has 18 heavy (non-hydrogen) atoms. The van der Waals surface area contributed by atoms with Gasteiger partial charge in [-0.1, -0.05) is 11.6 Å². The Balaban J connectivity index is 2.11. The number of methoxy groups -OCH3 is 1. The lowest BCUT2D eigenvalue weighted by atomic mass is 9.91. The van der Waals surface area contributed by atoms with E-state index in [0.717, 1.165) is 34.8 Å². The summed E-state index contributed by atoms with van der Waals surface area (Å²) < 4.78 is 5.30. The SMILES string of the molecule is COc1ccc2[nH]cc(C3CCCNC3)c2c1Cl. The Labute approximate surface area is 111 Å². The average molecular weight is 265 g/mol. The fraction of sp³-hybridized carbons (Fsp3) is 0.429. The highest BCUT2D eigenvalue weighted by Gasteiger charge is 2.21. The van der Waals surface area contributed by atoms with Gasteiger partial charge in [0.15, 0.2) is 0 Å². The minimum Gasteiger partial charge on any atom is -0.495 e. The predicted molar refractivity (Wildman–Crippen MR) is 74.7 cm³/mol. The van der Waals surface area contributed by atoms with E-state index < -0.39 is 0 Å². The summed E-state index contributed by atoms with van der Waals surface area (Å²) in [6, 6.07) is 3.93. The van der Waals surface area contributed by atoms with E-state index in [1.165, 1.54) is 18.4 Å². The van der Waals surface area contributed by atoms with Gasteiger partial charge in [-0.05, 0) is 43.0 Å². The Kier molecular flexibility index (Phi) is 3.18. The Morgan fingerprint density at radius 1 is 1.39 bits per heavy atom. The van der Waals surface area contributed by atoms with E-state index in [4.69, 9.17) is 16.3 Å². The number of aromatic amines is 1. The third-order valence-electron chi connectivity index (χ3n) is 3.73. The minimum atomic E-state index is 0.539. The van der Waals surface area contributed by atoms with Crippen molar-refractivity contribution in [2.24, 2.45) is 0 Å². The molecule has 1 saturated heterocycles. The smallest absolute Gasteiger partial charge is 0.138 e. The van der Waals surface area contributed by atoms with E-state index in [2.05, 4.69) is 16.5 Å². The van der Waals surface area contributed by atoms with Gasteiger partial charge in [0.2, 0.25) is 0 Å². The van der Waals surface area contributed by atoms with Crippen molar-refractivity contribution in [1.82, 2.24) is 10.3 Å². The lowest BCUT2D eigenvalue weighted by molar-refractivity contribution is 0.415. The number of ether oxygens (including phenoxy) is 1. The summed E-state index contributed by atoms with van der Waals surface area (Å²) in [5.74, 6) is 1.28. The molecule has 0 amide bonds. The van der Waals surface area contributed by atoms with Crippen molar-refractivity contribution in [1.29, 1.82) is 0 Å². The molecule has 1 atom stereocenters. The molecule has 1 aliphatic rings. The largest absolute Gasteiger partial charge is 0.495 e. The molecule has 0 spiro atoms. The van der Waals surface area contributed by atoms with Crippen LogP contribution in [0.3, 0.4) is 0 Å². The molecular weight excluding hydrogens is 248 g/mol. The van der Waals surface area contributed by atoms with Crippen molar-refractivity contribution in [3.63, 3.8) is 0 Å². The number of benzene rings is 1. The molecule has 0 radical (unpaired) electrons. The molecule has 0 saturated carbocycles. The van der Waals surface area contributed by atoms with Gasteiger partial charge in [0.25, 0.3) is 0 Å². The first-order chi connectivity index (χ1) is 8.81. The van der Waals surface area contributed by atoms with Crippen LogP contribution in [0.1, 0.15) is 24.3 Å². The normalized spacial score (nSPS) is 20.2. The predicted octanol–water partition coefficient (Wildman–Crippen LogP) is 3.30. The highest BCUT2D eigenvalue weighted by atomic mass is 35.5. The number of rotatable bonds is 2. The van der Waals surface area contributed by atoms with Crippen molar-refractivity contribution in [3.8, 4) is 5.75 Å². The van der Waals surface area contributed by atoms with Gasteiger partial charge < -0.3 is 15.0 Å². The molecule has 2 heterocycles. The van der Waals surface area contributed by atoms with Crippen LogP contribution in [0, 0.1) is 0 Å². The lowest BCUT2D eigenvalue weighted by Crippen LogP contribution is -2.28. The van der Waals surface area contributed by atoms with Crippen molar-refractivity contribution < 1.29 is 4.74 Å². The number of nitrogens with one attached hydrogen (secondary N) is 2. The van der Waals surface area contributed by atoms with Crippen molar-refractivity contribution in [3.05, 3.63) is 28.9 Å². The maximum atomic E-state index is 6.44. The summed E-state index contributed by atoms with van der Waals surface area (Å²) >= 11 is 6.44. The average Bonchev–Trinajstić information content (AvgIpc) is 2.85. The molecule has 0 aliphatic carbocycles. The Bertz CT molecular complexity index is 558. The van der Waals surface area contributed by atoms with E-state index in [0.29, 0.717) is 5.92 Å². The number of piperidine rings is 1. The van der Waals surface area contributed by atoms with Crippen molar-refractivity contribution in [2.45, 2.75) is 18.8 Å². The molecule has 1 aromatic heterocycles. The summed E-state index contributed by atoms with van der Waals surface area (Å²) in [6.45, 7) is 2.15. The summed E-state index contributed by atoms with van der Waals surface area (Å²) in [5, 5.41) is 5.28. The molecule has 1 aliphatic heterocycles. The lowest BCUT2D eigenvalue weighted by Gasteiger charge is -2.22. The van der Waals surface area contributed by atoms with E-state index in [9.17, 15) is 0 Å². The number of halogens is 1. The van der Waals surface area contributed by atoms with E-state index in [-0.39, 0.29) is 0 Å². The van der Waals surface area contributed by atoms with Gasteiger partial charge in [-0.2, -0.15) is 0 Å². The summed E-state index contributed by atoms with van der Waals surface area (Å²) in [6.07, 6.45) is 4.53.